The van der Waals surface area contributed by atoms with Gasteiger partial charge in [0.1, 0.15) is 0 Å². The Morgan fingerprint density at radius 1 is 1.31 bits per heavy atom. The first-order chi connectivity index (χ1) is 7.84. The second-order valence-corrected chi connectivity index (χ2v) is 5.20. The minimum Gasteiger partial charge on any atom is -0.369 e. The third-order valence-corrected chi connectivity index (χ3v) is 4.13. The van der Waals surface area contributed by atoms with E-state index in [1.807, 2.05) is 0 Å². The molecule has 0 N–H and O–H groups in total. The van der Waals surface area contributed by atoms with E-state index in [1.54, 1.807) is 12.7 Å². The topological polar surface area (TPSA) is 12.5 Å². The molecule has 0 radical (unpaired) electrons. The van der Waals surface area contributed by atoms with Crippen LogP contribution in [0.15, 0.2) is 24.3 Å². The van der Waals surface area contributed by atoms with Crippen LogP contribution in [0, 0.1) is 0 Å². The van der Waals surface area contributed by atoms with Gasteiger partial charge in [-0.05, 0) is 24.0 Å². The van der Waals surface area contributed by atoms with Gasteiger partial charge in [0.25, 0.3) is 0 Å². The number of fused-ring (bicyclic) bond motifs is 2. The largest absolute Gasteiger partial charge is 0.369 e. The normalized spacial score (nSPS) is 22.8. The predicted octanol–water partition coefficient (Wildman–Crippen LogP) is 2.53. The van der Waals surface area contributed by atoms with Crippen molar-refractivity contribution in [1.82, 2.24) is 4.90 Å². The molecule has 1 spiro atoms. The van der Waals surface area contributed by atoms with Gasteiger partial charge in [-0.1, -0.05) is 30.7 Å². The van der Waals surface area contributed by atoms with E-state index in [0.29, 0.717) is 5.41 Å². The van der Waals surface area contributed by atoms with Gasteiger partial charge >= 0.3 is 0 Å². The summed E-state index contributed by atoms with van der Waals surface area (Å²) in [5, 5.41) is 0. The van der Waals surface area contributed by atoms with E-state index in [9.17, 15) is 0 Å². The van der Waals surface area contributed by atoms with Crippen molar-refractivity contribution in [2.75, 3.05) is 20.4 Å². The molecule has 2 nitrogen and oxygen atoms in total. The number of benzene rings is 1. The van der Waals surface area contributed by atoms with Crippen LogP contribution in [-0.4, -0.2) is 25.3 Å². The van der Waals surface area contributed by atoms with E-state index in [0.717, 1.165) is 13.3 Å². The number of rotatable bonds is 2. The molecule has 0 saturated heterocycles. The van der Waals surface area contributed by atoms with Gasteiger partial charge in [0.2, 0.25) is 0 Å². The summed E-state index contributed by atoms with van der Waals surface area (Å²) in [6.45, 7) is 2.99. The molecule has 86 valence electrons. The van der Waals surface area contributed by atoms with Crippen LogP contribution < -0.4 is 0 Å². The molecule has 0 aromatic heterocycles. The third-order valence-electron chi connectivity index (χ3n) is 4.13. The zero-order chi connectivity index (χ0) is 11.0. The second-order valence-electron chi connectivity index (χ2n) is 5.20. The molecule has 0 unspecified atom stereocenters. The fourth-order valence-corrected chi connectivity index (χ4v) is 3.29. The molecule has 1 saturated carbocycles. The number of hydrogen-bond donors (Lipinski definition) is 0. The highest BCUT2D eigenvalue weighted by molar-refractivity contribution is 5.38. The molecule has 1 heterocycles. The van der Waals surface area contributed by atoms with Crippen molar-refractivity contribution in [2.24, 2.45) is 0 Å². The molecule has 2 aliphatic rings. The Balaban J connectivity index is 1.95. The fourth-order valence-electron chi connectivity index (χ4n) is 3.29. The summed E-state index contributed by atoms with van der Waals surface area (Å²) in [6.07, 6.45) is 4.09. The monoisotopic (exact) mass is 217 g/mol. The van der Waals surface area contributed by atoms with Gasteiger partial charge in [-0.15, -0.1) is 0 Å². The third kappa shape index (κ3) is 1.48. The minimum absolute atomic E-state index is 0.452. The Kier molecular flexibility index (Phi) is 2.49. The first-order valence-electron chi connectivity index (χ1n) is 6.14. The summed E-state index contributed by atoms with van der Waals surface area (Å²) in [5.74, 6) is 0. The fraction of sp³-hybridized carbons (Fsp3) is 0.571. The molecular formula is C14H19NO. The van der Waals surface area contributed by atoms with Crippen molar-refractivity contribution in [3.8, 4) is 0 Å². The number of hydrogen-bond acceptors (Lipinski definition) is 2. The number of methoxy groups -OCH3 is 1. The van der Waals surface area contributed by atoms with Crippen molar-refractivity contribution < 1.29 is 4.74 Å². The van der Waals surface area contributed by atoms with E-state index in [4.69, 9.17) is 4.74 Å². The lowest BCUT2D eigenvalue weighted by Crippen LogP contribution is -2.50. The summed E-state index contributed by atoms with van der Waals surface area (Å²) in [6, 6.07) is 8.95. The molecule has 3 rings (SSSR count). The molecule has 0 bridgehead atoms. The predicted molar refractivity (Wildman–Crippen MR) is 64.3 cm³/mol. The molecule has 1 aromatic carbocycles. The highest BCUT2D eigenvalue weighted by Crippen LogP contribution is 2.48. The van der Waals surface area contributed by atoms with E-state index in [2.05, 4.69) is 29.2 Å². The van der Waals surface area contributed by atoms with E-state index >= 15 is 0 Å². The van der Waals surface area contributed by atoms with Gasteiger partial charge in [0, 0.05) is 25.6 Å². The lowest BCUT2D eigenvalue weighted by atomic mass is 9.61. The van der Waals surface area contributed by atoms with E-state index in [-0.39, 0.29) is 0 Å². The summed E-state index contributed by atoms with van der Waals surface area (Å²) in [4.78, 5) is 2.43. The highest BCUT2D eigenvalue weighted by Gasteiger charge is 2.43. The Labute approximate surface area is 97.2 Å². The van der Waals surface area contributed by atoms with Crippen molar-refractivity contribution in [1.29, 1.82) is 0 Å². The van der Waals surface area contributed by atoms with Crippen LogP contribution in [0.5, 0.6) is 0 Å². The summed E-state index contributed by atoms with van der Waals surface area (Å²) >= 11 is 0. The average molecular weight is 217 g/mol. The maximum atomic E-state index is 5.28. The van der Waals surface area contributed by atoms with Crippen LogP contribution in [0.25, 0.3) is 0 Å². The standard InChI is InChI=1S/C14H19NO/c1-16-11-15-9-12-5-2-3-6-13(12)14(10-15)7-4-8-14/h2-3,5-6H,4,7-11H2,1H3. The molecule has 0 atom stereocenters. The first kappa shape index (κ1) is 10.3. The van der Waals surface area contributed by atoms with Gasteiger partial charge in [-0.2, -0.15) is 0 Å². The number of ether oxygens (including phenoxy) is 1. The summed E-state index contributed by atoms with van der Waals surface area (Å²) < 4.78 is 5.28. The van der Waals surface area contributed by atoms with Crippen LogP contribution in [0.2, 0.25) is 0 Å². The quantitative estimate of drug-likeness (QED) is 0.754. The van der Waals surface area contributed by atoms with Crippen LogP contribution in [0.3, 0.4) is 0 Å². The van der Waals surface area contributed by atoms with Crippen LogP contribution >= 0.6 is 0 Å². The molecular weight excluding hydrogens is 198 g/mol. The smallest absolute Gasteiger partial charge is 0.0989 e. The van der Waals surface area contributed by atoms with Gasteiger partial charge in [-0.25, -0.2) is 0 Å². The molecule has 1 aliphatic heterocycles. The molecule has 16 heavy (non-hydrogen) atoms. The van der Waals surface area contributed by atoms with Crippen molar-refractivity contribution >= 4 is 0 Å². The van der Waals surface area contributed by atoms with Gasteiger partial charge < -0.3 is 4.74 Å². The van der Waals surface area contributed by atoms with Gasteiger partial charge in [0.05, 0.1) is 6.73 Å². The van der Waals surface area contributed by atoms with Crippen molar-refractivity contribution in [3.63, 3.8) is 0 Å². The lowest BCUT2D eigenvalue weighted by Gasteiger charge is -2.49. The molecule has 0 amide bonds. The minimum atomic E-state index is 0.452. The van der Waals surface area contributed by atoms with E-state index in [1.165, 1.54) is 31.4 Å². The Hall–Kier alpha value is -0.860. The molecule has 1 aliphatic carbocycles. The van der Waals surface area contributed by atoms with Crippen LogP contribution in [0.4, 0.5) is 0 Å². The first-order valence-corrected chi connectivity index (χ1v) is 6.14. The van der Waals surface area contributed by atoms with Crippen LogP contribution in [-0.2, 0) is 16.7 Å². The maximum absolute atomic E-state index is 5.28. The maximum Gasteiger partial charge on any atom is 0.0989 e. The Morgan fingerprint density at radius 3 is 2.81 bits per heavy atom. The lowest BCUT2D eigenvalue weighted by molar-refractivity contribution is 0.0151. The average Bonchev–Trinajstić information content (AvgIpc) is 2.26. The zero-order valence-electron chi connectivity index (χ0n) is 9.91. The van der Waals surface area contributed by atoms with Crippen LogP contribution in [0.1, 0.15) is 30.4 Å². The summed E-state index contributed by atoms with van der Waals surface area (Å²) in [5.41, 5.74) is 3.56. The number of nitrogens with zero attached hydrogens (tertiary/aromatic N) is 1. The second kappa shape index (κ2) is 3.86. The Bertz CT molecular complexity index is 384. The Morgan fingerprint density at radius 2 is 2.12 bits per heavy atom. The van der Waals surface area contributed by atoms with Crippen molar-refractivity contribution in [3.05, 3.63) is 35.4 Å². The molecule has 2 heteroatoms. The van der Waals surface area contributed by atoms with E-state index < -0.39 is 0 Å². The molecule has 1 fully saturated rings. The SMILES string of the molecule is COCN1Cc2ccccc2C2(CCC2)C1. The van der Waals surface area contributed by atoms with Gasteiger partial charge in [0.15, 0.2) is 0 Å². The molecule has 1 aromatic rings. The van der Waals surface area contributed by atoms with Crippen molar-refractivity contribution in [2.45, 2.75) is 31.2 Å². The highest BCUT2D eigenvalue weighted by atomic mass is 16.5. The van der Waals surface area contributed by atoms with Gasteiger partial charge in [-0.3, -0.25) is 4.90 Å². The summed E-state index contributed by atoms with van der Waals surface area (Å²) in [7, 11) is 1.79. The zero-order valence-corrected chi connectivity index (χ0v) is 9.91.